The highest BCUT2D eigenvalue weighted by atomic mass is 16.6. The molecule has 0 aromatic heterocycles. The summed E-state index contributed by atoms with van der Waals surface area (Å²) in [6.45, 7) is 7.20. The van der Waals surface area contributed by atoms with E-state index in [0.29, 0.717) is 0 Å². The maximum absolute atomic E-state index is 12.0. The molecule has 5 nitrogen and oxygen atoms in total. The number of carboxylic acid groups (broad SMARTS) is 1. The highest BCUT2D eigenvalue weighted by molar-refractivity contribution is 5.81. The van der Waals surface area contributed by atoms with E-state index < -0.39 is 23.7 Å². The number of aryl methyl sites for hydroxylation is 1. The number of hydrogen-bond donors (Lipinski definition) is 2. The fourth-order valence-electron chi connectivity index (χ4n) is 2.66. The SMILES string of the molecule is Cc1cccc(-c2ccccc2CC(NC(=O)OC(C)(C)C)C(=O)O)c1. The maximum Gasteiger partial charge on any atom is 0.408 e. The summed E-state index contributed by atoms with van der Waals surface area (Å²) in [7, 11) is 0. The van der Waals surface area contributed by atoms with Crippen molar-refractivity contribution in [3.63, 3.8) is 0 Å². The molecule has 2 rings (SSSR count). The first-order valence-corrected chi connectivity index (χ1v) is 8.53. The summed E-state index contributed by atoms with van der Waals surface area (Å²) in [6, 6.07) is 14.6. The topological polar surface area (TPSA) is 75.6 Å². The van der Waals surface area contributed by atoms with Crippen LogP contribution in [0.1, 0.15) is 31.9 Å². The number of amides is 1. The van der Waals surface area contributed by atoms with Gasteiger partial charge in [-0.15, -0.1) is 0 Å². The van der Waals surface area contributed by atoms with Gasteiger partial charge in [-0.25, -0.2) is 9.59 Å². The van der Waals surface area contributed by atoms with Gasteiger partial charge in [0, 0.05) is 6.42 Å². The third-order valence-electron chi connectivity index (χ3n) is 3.76. The maximum atomic E-state index is 12.0. The minimum absolute atomic E-state index is 0.165. The van der Waals surface area contributed by atoms with E-state index in [2.05, 4.69) is 11.4 Å². The standard InChI is InChI=1S/C21H25NO4/c1-14-8-7-10-15(12-14)17-11-6-5-9-16(17)13-18(19(23)24)22-20(25)26-21(2,3)4/h5-12,18H,13H2,1-4H3,(H,22,25)(H,23,24). The lowest BCUT2D eigenvalue weighted by Gasteiger charge is -2.22. The summed E-state index contributed by atoms with van der Waals surface area (Å²) in [5.74, 6) is -1.10. The number of nitrogens with one attached hydrogen (secondary N) is 1. The Hall–Kier alpha value is -2.82. The molecule has 138 valence electrons. The van der Waals surface area contributed by atoms with Crippen LogP contribution in [0.2, 0.25) is 0 Å². The highest BCUT2D eigenvalue weighted by Gasteiger charge is 2.25. The Labute approximate surface area is 154 Å². The molecule has 2 aromatic carbocycles. The predicted molar refractivity (Wildman–Crippen MR) is 101 cm³/mol. The van der Waals surface area contributed by atoms with Gasteiger partial charge >= 0.3 is 12.1 Å². The smallest absolute Gasteiger partial charge is 0.408 e. The summed E-state index contributed by atoms with van der Waals surface area (Å²) >= 11 is 0. The van der Waals surface area contributed by atoms with Crippen LogP contribution in [0, 0.1) is 6.92 Å². The first kappa shape index (κ1) is 19.5. The van der Waals surface area contributed by atoms with Crippen molar-refractivity contribution in [1.82, 2.24) is 5.32 Å². The number of hydrogen-bond acceptors (Lipinski definition) is 3. The Morgan fingerprint density at radius 2 is 1.81 bits per heavy atom. The van der Waals surface area contributed by atoms with E-state index in [1.807, 2.05) is 49.4 Å². The third-order valence-corrected chi connectivity index (χ3v) is 3.76. The van der Waals surface area contributed by atoms with Gasteiger partial charge in [0.25, 0.3) is 0 Å². The van der Waals surface area contributed by atoms with E-state index in [1.165, 1.54) is 0 Å². The first-order chi connectivity index (χ1) is 12.2. The largest absolute Gasteiger partial charge is 0.480 e. The number of rotatable bonds is 5. The molecule has 1 amide bonds. The Morgan fingerprint density at radius 1 is 1.12 bits per heavy atom. The van der Waals surface area contributed by atoms with Crippen LogP contribution in [0.3, 0.4) is 0 Å². The Balaban J connectivity index is 2.24. The van der Waals surface area contributed by atoms with E-state index in [4.69, 9.17) is 4.74 Å². The molecule has 0 saturated carbocycles. The van der Waals surface area contributed by atoms with E-state index >= 15 is 0 Å². The van der Waals surface area contributed by atoms with Crippen LogP contribution >= 0.6 is 0 Å². The molecule has 2 aromatic rings. The molecule has 0 fully saturated rings. The van der Waals surface area contributed by atoms with Crippen molar-refractivity contribution in [1.29, 1.82) is 0 Å². The van der Waals surface area contributed by atoms with Crippen molar-refractivity contribution in [2.45, 2.75) is 45.8 Å². The number of benzene rings is 2. The Bertz CT molecular complexity index is 793. The third kappa shape index (κ3) is 5.62. The minimum atomic E-state index is -1.10. The predicted octanol–water partition coefficient (Wildman–Crippen LogP) is 4.18. The van der Waals surface area contributed by atoms with E-state index in [0.717, 1.165) is 22.3 Å². The Morgan fingerprint density at radius 3 is 2.42 bits per heavy atom. The lowest BCUT2D eigenvalue weighted by atomic mass is 9.94. The van der Waals surface area contributed by atoms with Gasteiger partial charge < -0.3 is 15.2 Å². The second-order valence-electron chi connectivity index (χ2n) is 7.27. The van der Waals surface area contributed by atoms with Crippen LogP contribution in [-0.4, -0.2) is 28.8 Å². The average molecular weight is 355 g/mol. The molecule has 5 heteroatoms. The number of aliphatic carboxylic acids is 1. The fourth-order valence-corrected chi connectivity index (χ4v) is 2.66. The zero-order valence-corrected chi connectivity index (χ0v) is 15.6. The van der Waals surface area contributed by atoms with Crippen molar-refractivity contribution in [3.05, 3.63) is 59.7 Å². The van der Waals surface area contributed by atoms with Crippen LogP contribution in [-0.2, 0) is 16.0 Å². The molecule has 0 saturated heterocycles. The molecule has 1 atom stereocenters. The normalized spacial score (nSPS) is 12.3. The molecule has 0 heterocycles. The lowest BCUT2D eigenvalue weighted by Crippen LogP contribution is -2.44. The summed E-state index contributed by atoms with van der Waals surface area (Å²) in [5.41, 5.74) is 3.25. The number of ether oxygens (including phenoxy) is 1. The molecule has 1 unspecified atom stereocenters. The molecule has 0 aliphatic rings. The molecule has 0 radical (unpaired) electrons. The number of carboxylic acids is 1. The number of carbonyl (C=O) groups excluding carboxylic acids is 1. The highest BCUT2D eigenvalue weighted by Crippen LogP contribution is 2.25. The molecule has 0 spiro atoms. The van der Waals surface area contributed by atoms with Gasteiger partial charge in [-0.1, -0.05) is 54.1 Å². The zero-order valence-electron chi connectivity index (χ0n) is 15.6. The monoisotopic (exact) mass is 355 g/mol. The fraction of sp³-hybridized carbons (Fsp3) is 0.333. The summed E-state index contributed by atoms with van der Waals surface area (Å²) in [4.78, 5) is 23.6. The molecule has 26 heavy (non-hydrogen) atoms. The number of alkyl carbamates (subject to hydrolysis) is 1. The van der Waals surface area contributed by atoms with Crippen molar-refractivity contribution in [3.8, 4) is 11.1 Å². The molecular weight excluding hydrogens is 330 g/mol. The minimum Gasteiger partial charge on any atom is -0.480 e. The van der Waals surface area contributed by atoms with Crippen LogP contribution in [0.25, 0.3) is 11.1 Å². The summed E-state index contributed by atoms with van der Waals surface area (Å²) in [5, 5.41) is 12.0. The number of carbonyl (C=O) groups is 2. The van der Waals surface area contributed by atoms with Crippen LogP contribution < -0.4 is 5.32 Å². The van der Waals surface area contributed by atoms with Gasteiger partial charge in [0.15, 0.2) is 0 Å². The second-order valence-corrected chi connectivity index (χ2v) is 7.27. The molecule has 0 aliphatic carbocycles. The van der Waals surface area contributed by atoms with Gasteiger partial charge in [0.05, 0.1) is 0 Å². The molecule has 0 bridgehead atoms. The van der Waals surface area contributed by atoms with Crippen molar-refractivity contribution < 1.29 is 19.4 Å². The molecule has 2 N–H and O–H groups in total. The molecular formula is C21H25NO4. The van der Waals surface area contributed by atoms with Crippen LogP contribution in [0.4, 0.5) is 4.79 Å². The summed E-state index contributed by atoms with van der Waals surface area (Å²) in [6.07, 6.45) is -0.573. The zero-order chi connectivity index (χ0) is 19.3. The average Bonchev–Trinajstić information content (AvgIpc) is 2.53. The van der Waals surface area contributed by atoms with Gasteiger partial charge in [0.1, 0.15) is 11.6 Å². The second kappa shape index (κ2) is 8.04. The van der Waals surface area contributed by atoms with Gasteiger partial charge in [-0.2, -0.15) is 0 Å². The van der Waals surface area contributed by atoms with E-state index in [-0.39, 0.29) is 6.42 Å². The lowest BCUT2D eigenvalue weighted by molar-refractivity contribution is -0.139. The van der Waals surface area contributed by atoms with Gasteiger partial charge in [0.2, 0.25) is 0 Å². The van der Waals surface area contributed by atoms with E-state index in [9.17, 15) is 14.7 Å². The van der Waals surface area contributed by atoms with Crippen LogP contribution in [0.5, 0.6) is 0 Å². The molecule has 0 aliphatic heterocycles. The van der Waals surface area contributed by atoms with Crippen molar-refractivity contribution in [2.24, 2.45) is 0 Å². The summed E-state index contributed by atoms with van der Waals surface area (Å²) < 4.78 is 5.17. The van der Waals surface area contributed by atoms with Crippen LogP contribution in [0.15, 0.2) is 48.5 Å². The van der Waals surface area contributed by atoms with Crippen molar-refractivity contribution >= 4 is 12.1 Å². The first-order valence-electron chi connectivity index (χ1n) is 8.53. The van der Waals surface area contributed by atoms with Crippen molar-refractivity contribution in [2.75, 3.05) is 0 Å². The quantitative estimate of drug-likeness (QED) is 0.843. The van der Waals surface area contributed by atoms with Gasteiger partial charge in [-0.05, 0) is 44.4 Å². The van der Waals surface area contributed by atoms with Gasteiger partial charge in [-0.3, -0.25) is 0 Å². The Kier molecular flexibility index (Phi) is 6.03. The van der Waals surface area contributed by atoms with E-state index in [1.54, 1.807) is 20.8 Å².